The number of amides is 1. The molecule has 0 fully saturated rings. The minimum absolute atomic E-state index is 0.0206. The average molecular weight is 309 g/mol. The first-order valence-corrected chi connectivity index (χ1v) is 6.86. The van der Waals surface area contributed by atoms with Crippen LogP contribution in [0.4, 0.5) is 9.18 Å². The highest BCUT2D eigenvalue weighted by Gasteiger charge is 2.15. The fourth-order valence-corrected chi connectivity index (χ4v) is 1.67. The molecule has 0 bridgehead atoms. The van der Waals surface area contributed by atoms with E-state index in [4.69, 9.17) is 9.84 Å². The summed E-state index contributed by atoms with van der Waals surface area (Å²) >= 11 is 0. The van der Waals surface area contributed by atoms with E-state index in [0.717, 1.165) is 0 Å². The molecule has 1 rings (SSSR count). The largest absolute Gasteiger partial charge is 0.478 e. The van der Waals surface area contributed by atoms with Crippen molar-refractivity contribution in [2.24, 2.45) is 0 Å². The summed E-state index contributed by atoms with van der Waals surface area (Å²) in [6.45, 7) is 5.59. The van der Waals surface area contributed by atoms with Crippen LogP contribution in [0.25, 0.3) is 6.08 Å². The second kappa shape index (κ2) is 7.59. The van der Waals surface area contributed by atoms with Crippen molar-refractivity contribution in [2.75, 3.05) is 6.54 Å². The lowest BCUT2D eigenvalue weighted by atomic mass is 10.1. The average Bonchev–Trinajstić information content (AvgIpc) is 2.37. The maximum absolute atomic E-state index is 13.6. The van der Waals surface area contributed by atoms with Crippen LogP contribution in [-0.2, 0) is 4.74 Å². The number of carbonyl (C=O) groups is 2. The number of hydrogen-bond acceptors (Lipinski definition) is 3. The van der Waals surface area contributed by atoms with Gasteiger partial charge < -0.3 is 15.2 Å². The summed E-state index contributed by atoms with van der Waals surface area (Å²) in [4.78, 5) is 22.4. The van der Waals surface area contributed by atoms with Crippen molar-refractivity contribution in [3.8, 4) is 0 Å². The third kappa shape index (κ3) is 5.95. The lowest BCUT2D eigenvalue weighted by Gasteiger charge is -2.19. The number of benzene rings is 1. The Bertz CT molecular complexity index is 576. The zero-order valence-electron chi connectivity index (χ0n) is 12.9. The molecule has 0 spiro atoms. The molecule has 0 aliphatic rings. The predicted molar refractivity (Wildman–Crippen MR) is 81.2 cm³/mol. The van der Waals surface area contributed by atoms with Gasteiger partial charge in [0.05, 0.1) is 5.56 Å². The number of halogens is 1. The number of hydrogen-bond donors (Lipinski definition) is 2. The number of alkyl carbamates (subject to hydrolysis) is 1. The van der Waals surface area contributed by atoms with Crippen LogP contribution in [0, 0.1) is 5.82 Å². The van der Waals surface area contributed by atoms with E-state index in [1.165, 1.54) is 24.3 Å². The van der Waals surface area contributed by atoms with Crippen molar-refractivity contribution in [3.05, 3.63) is 41.2 Å². The molecule has 0 heterocycles. The normalized spacial score (nSPS) is 11.5. The first-order chi connectivity index (χ1) is 10.2. The topological polar surface area (TPSA) is 75.6 Å². The number of aromatic carboxylic acids is 1. The molecule has 6 heteroatoms. The predicted octanol–water partition coefficient (Wildman–Crippen LogP) is 3.45. The van der Waals surface area contributed by atoms with Gasteiger partial charge in [0.25, 0.3) is 0 Å². The van der Waals surface area contributed by atoms with Gasteiger partial charge in [-0.2, -0.15) is 0 Å². The smallest absolute Gasteiger partial charge is 0.407 e. The summed E-state index contributed by atoms with van der Waals surface area (Å²) in [7, 11) is 0. The molecule has 1 amide bonds. The number of nitrogens with one attached hydrogen (secondary N) is 1. The van der Waals surface area contributed by atoms with Gasteiger partial charge in [0.15, 0.2) is 0 Å². The fourth-order valence-electron chi connectivity index (χ4n) is 1.67. The molecule has 0 aliphatic carbocycles. The highest BCUT2D eigenvalue weighted by atomic mass is 19.1. The molecule has 0 aromatic heterocycles. The van der Waals surface area contributed by atoms with Crippen LogP contribution >= 0.6 is 0 Å². The Morgan fingerprint density at radius 1 is 1.36 bits per heavy atom. The third-order valence-corrected chi connectivity index (χ3v) is 2.55. The van der Waals surface area contributed by atoms with Gasteiger partial charge >= 0.3 is 12.1 Å². The van der Waals surface area contributed by atoms with Crippen LogP contribution in [0.15, 0.2) is 24.3 Å². The summed E-state index contributed by atoms with van der Waals surface area (Å²) < 4.78 is 18.7. The van der Waals surface area contributed by atoms with E-state index in [9.17, 15) is 14.0 Å². The Kier molecular flexibility index (Phi) is 6.10. The summed E-state index contributed by atoms with van der Waals surface area (Å²) in [5.41, 5.74) is -0.646. The van der Waals surface area contributed by atoms with Crippen LogP contribution in [-0.4, -0.2) is 29.3 Å². The Balaban J connectivity index is 2.54. The molecule has 0 saturated carbocycles. The van der Waals surface area contributed by atoms with Crippen molar-refractivity contribution in [2.45, 2.75) is 32.8 Å². The summed E-state index contributed by atoms with van der Waals surface area (Å²) in [5, 5.41) is 11.6. The van der Waals surface area contributed by atoms with Gasteiger partial charge in [-0.05, 0) is 39.3 Å². The monoisotopic (exact) mass is 309 g/mol. The zero-order valence-corrected chi connectivity index (χ0v) is 12.9. The van der Waals surface area contributed by atoms with Crippen molar-refractivity contribution in [1.82, 2.24) is 5.32 Å². The van der Waals surface area contributed by atoms with Crippen molar-refractivity contribution >= 4 is 18.1 Å². The Labute approximate surface area is 128 Å². The molecule has 1 aromatic carbocycles. The highest BCUT2D eigenvalue weighted by molar-refractivity contribution is 5.92. The molecule has 2 N–H and O–H groups in total. The molecule has 22 heavy (non-hydrogen) atoms. The molecule has 0 unspecified atom stereocenters. The van der Waals surface area contributed by atoms with Crippen molar-refractivity contribution < 1.29 is 23.8 Å². The maximum atomic E-state index is 13.6. The number of ether oxygens (including phenoxy) is 1. The minimum atomic E-state index is -1.19. The molecule has 120 valence electrons. The second-order valence-corrected chi connectivity index (χ2v) is 5.63. The lowest BCUT2D eigenvalue weighted by Crippen LogP contribution is -2.32. The number of carbonyl (C=O) groups excluding carboxylic acids is 1. The lowest BCUT2D eigenvalue weighted by molar-refractivity contribution is 0.0528. The molecular weight excluding hydrogens is 289 g/mol. The number of rotatable bonds is 5. The summed E-state index contributed by atoms with van der Waals surface area (Å²) in [5.74, 6) is -1.79. The quantitative estimate of drug-likeness (QED) is 0.817. The Morgan fingerprint density at radius 2 is 2.05 bits per heavy atom. The molecule has 0 aliphatic heterocycles. The minimum Gasteiger partial charge on any atom is -0.478 e. The van der Waals surface area contributed by atoms with Gasteiger partial charge in [0.2, 0.25) is 0 Å². The van der Waals surface area contributed by atoms with Crippen LogP contribution in [0.5, 0.6) is 0 Å². The van der Waals surface area contributed by atoms with E-state index >= 15 is 0 Å². The maximum Gasteiger partial charge on any atom is 0.407 e. The Hall–Kier alpha value is -2.37. The van der Waals surface area contributed by atoms with Gasteiger partial charge in [0, 0.05) is 12.1 Å². The van der Waals surface area contributed by atoms with E-state index in [1.807, 2.05) is 0 Å². The molecule has 0 radical (unpaired) electrons. The van der Waals surface area contributed by atoms with E-state index in [2.05, 4.69) is 5.32 Å². The molecule has 1 aromatic rings. The van der Waals surface area contributed by atoms with Crippen molar-refractivity contribution in [3.63, 3.8) is 0 Å². The first-order valence-electron chi connectivity index (χ1n) is 6.86. The van der Waals surface area contributed by atoms with Crippen LogP contribution in [0.3, 0.4) is 0 Å². The van der Waals surface area contributed by atoms with Crippen LogP contribution < -0.4 is 5.32 Å². The summed E-state index contributed by atoms with van der Waals surface area (Å²) in [6.07, 6.45) is 2.89. The molecule has 5 nitrogen and oxygen atoms in total. The molecule has 0 atom stereocenters. The van der Waals surface area contributed by atoms with E-state index in [-0.39, 0.29) is 11.1 Å². The number of carboxylic acids is 1. The standard InChI is InChI=1S/C16H20FNO4/c1-16(2,3)22-15(21)18-10-5-4-7-11-12(14(19)20)8-6-9-13(11)17/h4,6-9H,5,10H2,1-3H3,(H,18,21)(H,19,20). The summed E-state index contributed by atoms with van der Waals surface area (Å²) in [6, 6.07) is 3.88. The van der Waals surface area contributed by atoms with Gasteiger partial charge in [-0.15, -0.1) is 0 Å². The number of carboxylic acid groups (broad SMARTS) is 1. The third-order valence-electron chi connectivity index (χ3n) is 2.55. The van der Waals surface area contributed by atoms with E-state index in [0.29, 0.717) is 13.0 Å². The van der Waals surface area contributed by atoms with Crippen LogP contribution in [0.2, 0.25) is 0 Å². The highest BCUT2D eigenvalue weighted by Crippen LogP contribution is 2.15. The molecular formula is C16H20FNO4. The van der Waals surface area contributed by atoms with Gasteiger partial charge in [-0.3, -0.25) is 0 Å². The zero-order chi connectivity index (χ0) is 16.8. The Morgan fingerprint density at radius 3 is 2.64 bits per heavy atom. The first kappa shape index (κ1) is 17.7. The van der Waals surface area contributed by atoms with Gasteiger partial charge in [-0.1, -0.05) is 18.2 Å². The van der Waals surface area contributed by atoms with E-state index < -0.39 is 23.5 Å². The SMILES string of the molecule is CC(C)(C)OC(=O)NCCC=Cc1c(F)cccc1C(=O)O. The van der Waals surface area contributed by atoms with Gasteiger partial charge in [-0.25, -0.2) is 14.0 Å². The molecule has 0 saturated heterocycles. The van der Waals surface area contributed by atoms with Crippen molar-refractivity contribution in [1.29, 1.82) is 0 Å². The van der Waals surface area contributed by atoms with E-state index in [1.54, 1.807) is 26.8 Å². The van der Waals surface area contributed by atoms with Crippen LogP contribution in [0.1, 0.15) is 43.1 Å². The fraction of sp³-hybridized carbons (Fsp3) is 0.375. The van der Waals surface area contributed by atoms with Gasteiger partial charge in [0.1, 0.15) is 11.4 Å². The second-order valence-electron chi connectivity index (χ2n) is 5.63.